The van der Waals surface area contributed by atoms with E-state index in [1.165, 1.54) is 19.3 Å². The maximum atomic E-state index is 11.3. The number of carbonyl (C=O) groups excluding carboxylic acids is 1. The zero-order valence-corrected chi connectivity index (χ0v) is 9.44. The Morgan fingerprint density at radius 1 is 1.43 bits per heavy atom. The number of alkyl halides is 1. The van der Waals surface area contributed by atoms with Crippen molar-refractivity contribution in [1.82, 2.24) is 10.6 Å². The predicted octanol–water partition coefficient (Wildman–Crippen LogP) is 2.10. The first-order chi connectivity index (χ1) is 6.74. The third-order valence-corrected chi connectivity index (χ3v) is 3.00. The van der Waals surface area contributed by atoms with Crippen molar-refractivity contribution >= 4 is 17.6 Å². The van der Waals surface area contributed by atoms with E-state index >= 15 is 0 Å². The van der Waals surface area contributed by atoms with Gasteiger partial charge in [-0.3, -0.25) is 0 Å². The van der Waals surface area contributed by atoms with Gasteiger partial charge in [-0.1, -0.05) is 19.8 Å². The van der Waals surface area contributed by atoms with Gasteiger partial charge in [-0.05, 0) is 18.8 Å². The minimum Gasteiger partial charge on any atom is -0.337 e. The summed E-state index contributed by atoms with van der Waals surface area (Å²) in [7, 11) is 0. The Bertz CT molecular complexity index is 187. The highest BCUT2D eigenvalue weighted by Gasteiger charge is 2.22. The molecule has 2 atom stereocenters. The minimum absolute atomic E-state index is 0.0793. The lowest BCUT2D eigenvalue weighted by Gasteiger charge is -2.29. The van der Waals surface area contributed by atoms with Crippen molar-refractivity contribution in [3.63, 3.8) is 0 Å². The van der Waals surface area contributed by atoms with Crippen LogP contribution in [0.2, 0.25) is 0 Å². The first-order valence-electron chi connectivity index (χ1n) is 5.34. The maximum Gasteiger partial charge on any atom is 0.315 e. The third-order valence-electron chi connectivity index (χ3n) is 2.81. The molecule has 0 saturated heterocycles. The average molecular weight is 219 g/mol. The van der Waals surface area contributed by atoms with Crippen LogP contribution in [0.5, 0.6) is 0 Å². The fourth-order valence-electron chi connectivity index (χ4n) is 1.91. The minimum atomic E-state index is -0.0793. The summed E-state index contributed by atoms with van der Waals surface area (Å²) < 4.78 is 0. The number of urea groups is 1. The van der Waals surface area contributed by atoms with Gasteiger partial charge >= 0.3 is 6.03 Å². The van der Waals surface area contributed by atoms with Gasteiger partial charge in [0.2, 0.25) is 0 Å². The van der Waals surface area contributed by atoms with E-state index in [0.717, 1.165) is 6.42 Å². The molecular formula is C10H19ClN2O. The van der Waals surface area contributed by atoms with Gasteiger partial charge in [0.15, 0.2) is 0 Å². The normalized spacial score (nSPS) is 27.0. The number of halogens is 1. The highest BCUT2D eigenvalue weighted by molar-refractivity contribution is 6.18. The fourth-order valence-corrected chi connectivity index (χ4v) is 2.01. The van der Waals surface area contributed by atoms with Crippen LogP contribution in [0.25, 0.3) is 0 Å². The van der Waals surface area contributed by atoms with Gasteiger partial charge in [-0.2, -0.15) is 0 Å². The zero-order valence-electron chi connectivity index (χ0n) is 8.68. The van der Waals surface area contributed by atoms with Crippen molar-refractivity contribution in [2.45, 2.75) is 38.6 Å². The summed E-state index contributed by atoms with van der Waals surface area (Å²) in [6.07, 6.45) is 4.85. The summed E-state index contributed by atoms with van der Waals surface area (Å²) in [5, 5.41) is 5.71. The van der Waals surface area contributed by atoms with Crippen LogP contribution in [-0.4, -0.2) is 24.5 Å². The second-order valence-corrected chi connectivity index (χ2v) is 4.34. The molecule has 1 fully saturated rings. The number of hydrogen-bond donors (Lipinski definition) is 2. The fraction of sp³-hybridized carbons (Fsp3) is 0.900. The summed E-state index contributed by atoms with van der Waals surface area (Å²) >= 11 is 5.47. The molecule has 2 N–H and O–H groups in total. The van der Waals surface area contributed by atoms with E-state index in [1.54, 1.807) is 0 Å². The van der Waals surface area contributed by atoms with Gasteiger partial charge < -0.3 is 10.6 Å². The molecule has 1 saturated carbocycles. The van der Waals surface area contributed by atoms with Crippen molar-refractivity contribution in [2.24, 2.45) is 5.92 Å². The van der Waals surface area contributed by atoms with Crippen molar-refractivity contribution in [2.75, 3.05) is 12.4 Å². The van der Waals surface area contributed by atoms with Gasteiger partial charge in [0.1, 0.15) is 0 Å². The second-order valence-electron chi connectivity index (χ2n) is 3.96. The maximum absolute atomic E-state index is 11.3. The van der Waals surface area contributed by atoms with E-state index in [2.05, 4.69) is 17.6 Å². The molecule has 0 aromatic rings. The summed E-state index contributed by atoms with van der Waals surface area (Å²) in [5.41, 5.74) is 0. The van der Waals surface area contributed by atoms with Gasteiger partial charge in [-0.15, -0.1) is 11.6 Å². The lowest BCUT2D eigenvalue weighted by atomic mass is 9.86. The van der Waals surface area contributed by atoms with Gasteiger partial charge in [0.05, 0.1) is 0 Å². The first-order valence-corrected chi connectivity index (χ1v) is 5.88. The SMILES string of the molecule is CC1CCCCC1NC(=O)NCCCl. The number of nitrogens with one attached hydrogen (secondary N) is 2. The molecule has 14 heavy (non-hydrogen) atoms. The number of amides is 2. The van der Waals surface area contributed by atoms with Crippen molar-refractivity contribution in [1.29, 1.82) is 0 Å². The largest absolute Gasteiger partial charge is 0.337 e. The molecule has 3 nitrogen and oxygen atoms in total. The molecule has 0 spiro atoms. The Morgan fingerprint density at radius 2 is 2.14 bits per heavy atom. The van der Waals surface area contributed by atoms with E-state index in [9.17, 15) is 4.79 Å². The quantitative estimate of drug-likeness (QED) is 0.700. The number of carbonyl (C=O) groups is 1. The molecule has 0 aromatic carbocycles. The van der Waals surface area contributed by atoms with E-state index in [1.807, 2.05) is 0 Å². The van der Waals surface area contributed by atoms with Crippen LogP contribution in [0, 0.1) is 5.92 Å². The molecule has 0 heterocycles. The van der Waals surface area contributed by atoms with Crippen molar-refractivity contribution in [3.05, 3.63) is 0 Å². The van der Waals surface area contributed by atoms with Crippen LogP contribution >= 0.6 is 11.6 Å². The van der Waals surface area contributed by atoms with E-state index in [-0.39, 0.29) is 6.03 Å². The van der Waals surface area contributed by atoms with Crippen LogP contribution in [0.1, 0.15) is 32.6 Å². The molecule has 1 rings (SSSR count). The Hall–Kier alpha value is -0.440. The molecular weight excluding hydrogens is 200 g/mol. The monoisotopic (exact) mass is 218 g/mol. The molecule has 1 aliphatic carbocycles. The molecule has 1 aliphatic rings. The molecule has 4 heteroatoms. The number of hydrogen-bond acceptors (Lipinski definition) is 1. The Balaban J connectivity index is 2.23. The van der Waals surface area contributed by atoms with E-state index < -0.39 is 0 Å². The first kappa shape index (κ1) is 11.6. The van der Waals surface area contributed by atoms with Crippen LogP contribution < -0.4 is 10.6 Å². The summed E-state index contributed by atoms with van der Waals surface area (Å²) in [5.74, 6) is 1.07. The van der Waals surface area contributed by atoms with Crippen LogP contribution in [0.3, 0.4) is 0 Å². The van der Waals surface area contributed by atoms with Crippen LogP contribution in [-0.2, 0) is 0 Å². The second kappa shape index (κ2) is 6.12. The molecule has 0 aliphatic heterocycles. The molecule has 82 valence electrons. The Kier molecular flexibility index (Phi) is 5.09. The van der Waals surface area contributed by atoms with Gasteiger partial charge in [0.25, 0.3) is 0 Å². The third kappa shape index (κ3) is 3.74. The van der Waals surface area contributed by atoms with E-state index in [4.69, 9.17) is 11.6 Å². The topological polar surface area (TPSA) is 41.1 Å². The molecule has 0 bridgehead atoms. The lowest BCUT2D eigenvalue weighted by Crippen LogP contribution is -2.46. The Labute approximate surface area is 90.6 Å². The van der Waals surface area contributed by atoms with E-state index in [0.29, 0.717) is 24.4 Å². The predicted molar refractivity (Wildman–Crippen MR) is 58.7 cm³/mol. The van der Waals surface area contributed by atoms with Crippen LogP contribution in [0.15, 0.2) is 0 Å². The lowest BCUT2D eigenvalue weighted by molar-refractivity contribution is 0.222. The van der Waals surface area contributed by atoms with Gasteiger partial charge in [0, 0.05) is 18.5 Å². The molecule has 0 aromatic heterocycles. The molecule has 2 unspecified atom stereocenters. The highest BCUT2D eigenvalue weighted by atomic mass is 35.5. The summed E-state index contributed by atoms with van der Waals surface area (Å²) in [6, 6.07) is 0.267. The number of rotatable bonds is 3. The summed E-state index contributed by atoms with van der Waals surface area (Å²) in [4.78, 5) is 11.3. The van der Waals surface area contributed by atoms with Gasteiger partial charge in [-0.25, -0.2) is 4.79 Å². The summed E-state index contributed by atoms with van der Waals surface area (Å²) in [6.45, 7) is 2.74. The average Bonchev–Trinajstić information content (AvgIpc) is 2.18. The molecule has 2 amide bonds. The molecule has 0 radical (unpaired) electrons. The Morgan fingerprint density at radius 3 is 2.79 bits per heavy atom. The zero-order chi connectivity index (χ0) is 10.4. The van der Waals surface area contributed by atoms with Crippen molar-refractivity contribution < 1.29 is 4.79 Å². The highest BCUT2D eigenvalue weighted by Crippen LogP contribution is 2.23. The standard InChI is InChI=1S/C10H19ClN2O/c1-8-4-2-3-5-9(8)13-10(14)12-7-6-11/h8-9H,2-7H2,1H3,(H2,12,13,14). The van der Waals surface area contributed by atoms with Crippen LogP contribution in [0.4, 0.5) is 4.79 Å². The van der Waals surface area contributed by atoms with Crippen molar-refractivity contribution in [3.8, 4) is 0 Å². The smallest absolute Gasteiger partial charge is 0.315 e.